The number of rotatable bonds is 7. The lowest BCUT2D eigenvalue weighted by molar-refractivity contribution is 0.104. The lowest BCUT2D eigenvalue weighted by Gasteiger charge is -2.08. The highest BCUT2D eigenvalue weighted by atomic mass is 19.1. The molecule has 0 aliphatic carbocycles. The van der Waals surface area contributed by atoms with Crippen LogP contribution in [-0.2, 0) is 0 Å². The summed E-state index contributed by atoms with van der Waals surface area (Å²) in [4.78, 5) is 12.4. The number of benzene rings is 2. The van der Waals surface area contributed by atoms with Gasteiger partial charge in [-0.3, -0.25) is 4.79 Å². The molecule has 0 saturated carbocycles. The Morgan fingerprint density at radius 3 is 2.42 bits per heavy atom. The van der Waals surface area contributed by atoms with Crippen molar-refractivity contribution in [2.45, 2.75) is 6.92 Å². The van der Waals surface area contributed by atoms with Crippen LogP contribution < -0.4 is 14.2 Å². The summed E-state index contributed by atoms with van der Waals surface area (Å²) in [5, 5.41) is 0. The largest absolute Gasteiger partial charge is 0.493 e. The molecule has 0 fully saturated rings. The number of allylic oxidation sites excluding steroid dienone is 1. The fourth-order valence-corrected chi connectivity index (χ4v) is 2.19. The van der Waals surface area contributed by atoms with Crippen molar-refractivity contribution in [1.82, 2.24) is 0 Å². The van der Waals surface area contributed by atoms with Gasteiger partial charge in [0.05, 0.1) is 26.4 Å². The van der Waals surface area contributed by atoms with Gasteiger partial charge in [-0.2, -0.15) is 0 Å². The summed E-state index contributed by atoms with van der Waals surface area (Å²) in [6, 6.07) is 9.18. The van der Waals surface area contributed by atoms with Crippen LogP contribution >= 0.6 is 0 Å². The first-order valence-corrected chi connectivity index (χ1v) is 7.45. The second-order valence-electron chi connectivity index (χ2n) is 4.89. The summed E-state index contributed by atoms with van der Waals surface area (Å²) < 4.78 is 29.2. The molecule has 0 N–H and O–H groups in total. The Kier molecular flexibility index (Phi) is 5.95. The number of carbonyl (C=O) groups is 1. The van der Waals surface area contributed by atoms with Crippen molar-refractivity contribution < 1.29 is 23.4 Å². The maximum absolute atomic E-state index is 13.4. The third-order valence-corrected chi connectivity index (χ3v) is 3.34. The van der Waals surface area contributed by atoms with Gasteiger partial charge in [0.1, 0.15) is 11.6 Å². The molecular formula is C19H19FO4. The van der Waals surface area contributed by atoms with Crippen molar-refractivity contribution in [3.05, 3.63) is 59.4 Å². The average molecular weight is 330 g/mol. The first-order valence-electron chi connectivity index (χ1n) is 7.45. The summed E-state index contributed by atoms with van der Waals surface area (Å²) in [7, 11) is 3.09. The summed E-state index contributed by atoms with van der Waals surface area (Å²) in [6.07, 6.45) is 3.00. The smallest absolute Gasteiger partial charge is 0.189 e. The minimum Gasteiger partial charge on any atom is -0.493 e. The topological polar surface area (TPSA) is 44.8 Å². The van der Waals surface area contributed by atoms with Gasteiger partial charge in [-0.25, -0.2) is 4.39 Å². The van der Waals surface area contributed by atoms with Gasteiger partial charge in [0, 0.05) is 0 Å². The van der Waals surface area contributed by atoms with Crippen LogP contribution in [0.2, 0.25) is 0 Å². The van der Waals surface area contributed by atoms with Crippen LogP contribution in [0.4, 0.5) is 4.39 Å². The van der Waals surface area contributed by atoms with E-state index in [9.17, 15) is 9.18 Å². The zero-order valence-electron chi connectivity index (χ0n) is 13.8. The van der Waals surface area contributed by atoms with Crippen LogP contribution in [0.3, 0.4) is 0 Å². The Morgan fingerprint density at radius 1 is 1.04 bits per heavy atom. The lowest BCUT2D eigenvalue weighted by atomic mass is 10.1. The van der Waals surface area contributed by atoms with Crippen LogP contribution in [0.1, 0.15) is 22.8 Å². The van der Waals surface area contributed by atoms with E-state index in [4.69, 9.17) is 14.2 Å². The fourth-order valence-electron chi connectivity index (χ4n) is 2.19. The number of ketones is 1. The first kappa shape index (κ1) is 17.5. The van der Waals surface area contributed by atoms with Gasteiger partial charge in [0.25, 0.3) is 0 Å². The molecule has 0 spiro atoms. The molecule has 2 aromatic carbocycles. The van der Waals surface area contributed by atoms with Crippen molar-refractivity contribution in [2.75, 3.05) is 20.8 Å². The van der Waals surface area contributed by atoms with E-state index in [-0.39, 0.29) is 11.3 Å². The number of hydrogen-bond donors (Lipinski definition) is 0. The van der Waals surface area contributed by atoms with E-state index < -0.39 is 5.82 Å². The molecule has 2 aromatic rings. The molecule has 0 amide bonds. The van der Waals surface area contributed by atoms with Gasteiger partial charge in [0.2, 0.25) is 0 Å². The maximum atomic E-state index is 13.4. The molecule has 0 aromatic heterocycles. The Balaban J connectivity index is 2.26. The molecule has 4 nitrogen and oxygen atoms in total. The van der Waals surface area contributed by atoms with E-state index in [2.05, 4.69) is 0 Å². The maximum Gasteiger partial charge on any atom is 0.189 e. The average Bonchev–Trinajstić information content (AvgIpc) is 2.61. The Hall–Kier alpha value is -2.82. The van der Waals surface area contributed by atoms with E-state index in [1.807, 2.05) is 0 Å². The zero-order valence-corrected chi connectivity index (χ0v) is 13.8. The third-order valence-electron chi connectivity index (χ3n) is 3.34. The Morgan fingerprint density at radius 2 is 1.75 bits per heavy atom. The number of carbonyl (C=O) groups excluding carboxylic acids is 1. The van der Waals surface area contributed by atoms with Gasteiger partial charge in [-0.1, -0.05) is 12.1 Å². The van der Waals surface area contributed by atoms with Gasteiger partial charge in [-0.05, 0) is 48.9 Å². The number of ether oxygens (including phenoxy) is 3. The zero-order chi connectivity index (χ0) is 17.5. The van der Waals surface area contributed by atoms with Crippen molar-refractivity contribution in [3.63, 3.8) is 0 Å². The standard InChI is InChI=1S/C19H19FO4/c1-4-24-17-10-7-14(20)12-15(17)16(21)8-5-13-6-9-18(22-2)19(11-13)23-3/h5-12H,4H2,1-3H3. The predicted molar refractivity (Wildman–Crippen MR) is 90.5 cm³/mol. The summed E-state index contributed by atoms with van der Waals surface area (Å²) >= 11 is 0. The summed E-state index contributed by atoms with van der Waals surface area (Å²) in [5.41, 5.74) is 0.948. The highest BCUT2D eigenvalue weighted by Crippen LogP contribution is 2.28. The molecule has 0 aliphatic rings. The van der Waals surface area contributed by atoms with E-state index in [0.29, 0.717) is 23.9 Å². The molecule has 5 heteroatoms. The number of methoxy groups -OCH3 is 2. The molecule has 0 bridgehead atoms. The Bertz CT molecular complexity index is 753. The SMILES string of the molecule is CCOc1ccc(F)cc1C(=O)C=Cc1ccc(OC)c(OC)c1. The molecule has 0 aliphatic heterocycles. The molecular weight excluding hydrogens is 311 g/mol. The van der Waals surface area contributed by atoms with Crippen LogP contribution in [-0.4, -0.2) is 26.6 Å². The highest BCUT2D eigenvalue weighted by molar-refractivity contribution is 6.08. The molecule has 0 heterocycles. The molecule has 24 heavy (non-hydrogen) atoms. The molecule has 0 saturated heterocycles. The van der Waals surface area contributed by atoms with Crippen LogP contribution in [0.15, 0.2) is 42.5 Å². The second-order valence-corrected chi connectivity index (χ2v) is 4.89. The lowest BCUT2D eigenvalue weighted by Crippen LogP contribution is -2.02. The van der Waals surface area contributed by atoms with Crippen LogP contribution in [0.5, 0.6) is 17.2 Å². The third kappa shape index (κ3) is 4.13. The van der Waals surface area contributed by atoms with Gasteiger partial charge in [-0.15, -0.1) is 0 Å². The van der Waals surface area contributed by atoms with Gasteiger partial charge < -0.3 is 14.2 Å². The van der Waals surface area contributed by atoms with Gasteiger partial charge in [0.15, 0.2) is 17.3 Å². The van der Waals surface area contributed by atoms with E-state index in [1.54, 1.807) is 38.3 Å². The monoisotopic (exact) mass is 330 g/mol. The number of hydrogen-bond acceptors (Lipinski definition) is 4. The first-order chi connectivity index (χ1) is 11.6. The van der Waals surface area contributed by atoms with Crippen LogP contribution in [0.25, 0.3) is 6.08 Å². The minimum atomic E-state index is -0.485. The van der Waals surface area contributed by atoms with Gasteiger partial charge >= 0.3 is 0 Å². The van der Waals surface area contributed by atoms with Crippen molar-refractivity contribution in [1.29, 1.82) is 0 Å². The summed E-state index contributed by atoms with van der Waals surface area (Å²) in [5.74, 6) is 0.701. The van der Waals surface area contributed by atoms with Crippen LogP contribution in [0, 0.1) is 5.82 Å². The fraction of sp³-hybridized carbons (Fsp3) is 0.211. The predicted octanol–water partition coefficient (Wildman–Crippen LogP) is 4.14. The van der Waals surface area contributed by atoms with E-state index in [1.165, 1.54) is 31.4 Å². The quantitative estimate of drug-likeness (QED) is 0.565. The summed E-state index contributed by atoms with van der Waals surface area (Å²) in [6.45, 7) is 2.20. The molecule has 2 rings (SSSR count). The molecule has 0 atom stereocenters. The number of halogens is 1. The van der Waals surface area contributed by atoms with E-state index >= 15 is 0 Å². The molecule has 0 unspecified atom stereocenters. The Labute approximate surface area is 140 Å². The van der Waals surface area contributed by atoms with Crippen molar-refractivity contribution in [3.8, 4) is 17.2 Å². The highest BCUT2D eigenvalue weighted by Gasteiger charge is 2.11. The molecule has 0 radical (unpaired) electrons. The normalized spacial score (nSPS) is 10.7. The molecule has 126 valence electrons. The van der Waals surface area contributed by atoms with Crippen molar-refractivity contribution >= 4 is 11.9 Å². The second kappa shape index (κ2) is 8.15. The minimum absolute atomic E-state index is 0.188. The van der Waals surface area contributed by atoms with E-state index in [0.717, 1.165) is 5.56 Å². The van der Waals surface area contributed by atoms with Crippen molar-refractivity contribution in [2.24, 2.45) is 0 Å².